The summed E-state index contributed by atoms with van der Waals surface area (Å²) in [6.07, 6.45) is 33.5. The minimum atomic E-state index is -0.537. The van der Waals surface area contributed by atoms with Crippen LogP contribution >= 0.6 is 11.8 Å². The SMILES string of the molecule is CC/C=C\C/C=C\C/C=C\C/C=C\C/C=C\C/C=C\CCC(=O)NCCN(C)CCNC(=O)OC[C@@H]1OC(n2ccc(N)nc2=O)CS1. The second kappa shape index (κ2) is 26.1. The van der Waals surface area contributed by atoms with Crippen LogP contribution in [0, 0.1) is 0 Å². The summed E-state index contributed by atoms with van der Waals surface area (Å²) < 4.78 is 12.4. The number of carbonyl (C=O) groups excluding carboxylic acids is 2. The summed E-state index contributed by atoms with van der Waals surface area (Å²) in [7, 11) is 1.92. The number of likely N-dealkylation sites (N-methyl/N-ethyl adjacent to an activating group) is 1. The van der Waals surface area contributed by atoms with Gasteiger partial charge >= 0.3 is 11.8 Å². The van der Waals surface area contributed by atoms with Gasteiger partial charge < -0.3 is 30.7 Å². The fraction of sp³-hybridized carbons (Fsp3) is 0.500. The number of allylic oxidation sites excluding steroid dienone is 12. The van der Waals surface area contributed by atoms with Crippen molar-refractivity contribution >= 4 is 29.6 Å². The van der Waals surface area contributed by atoms with E-state index in [-0.39, 0.29) is 23.8 Å². The number of anilines is 1. The van der Waals surface area contributed by atoms with Crippen LogP contribution in [0.2, 0.25) is 0 Å². The Kier molecular flexibility index (Phi) is 21.9. The van der Waals surface area contributed by atoms with Gasteiger partial charge in [-0.25, -0.2) is 9.59 Å². The van der Waals surface area contributed by atoms with Gasteiger partial charge in [-0.2, -0.15) is 4.98 Å². The molecule has 1 aromatic heterocycles. The van der Waals surface area contributed by atoms with Gasteiger partial charge in [-0.15, -0.1) is 11.8 Å². The zero-order valence-electron chi connectivity index (χ0n) is 28.5. The molecule has 1 saturated heterocycles. The van der Waals surface area contributed by atoms with Crippen LogP contribution in [-0.4, -0.2) is 77.5 Å². The molecule has 48 heavy (non-hydrogen) atoms. The number of nitrogen functional groups attached to an aromatic ring is 1. The van der Waals surface area contributed by atoms with Gasteiger partial charge in [0.25, 0.3) is 0 Å². The van der Waals surface area contributed by atoms with Crippen molar-refractivity contribution in [1.82, 2.24) is 25.1 Å². The number of thioether (sulfide) groups is 1. The first-order valence-corrected chi connectivity index (χ1v) is 17.8. The van der Waals surface area contributed by atoms with E-state index < -0.39 is 18.0 Å². The average Bonchev–Trinajstić information content (AvgIpc) is 3.53. The van der Waals surface area contributed by atoms with Gasteiger partial charge in [0.05, 0.1) is 0 Å². The van der Waals surface area contributed by atoms with Gasteiger partial charge in [-0.3, -0.25) is 9.36 Å². The molecule has 0 aromatic carbocycles. The van der Waals surface area contributed by atoms with Gasteiger partial charge in [0.15, 0.2) is 0 Å². The van der Waals surface area contributed by atoms with Crippen molar-refractivity contribution in [3.63, 3.8) is 0 Å². The molecule has 0 saturated carbocycles. The number of nitrogens with two attached hydrogens (primary N) is 1. The Morgan fingerprint density at radius 1 is 0.958 bits per heavy atom. The predicted molar refractivity (Wildman–Crippen MR) is 197 cm³/mol. The fourth-order valence-corrected chi connectivity index (χ4v) is 5.30. The smallest absolute Gasteiger partial charge is 0.407 e. The Balaban J connectivity index is 1.41. The maximum Gasteiger partial charge on any atom is 0.407 e. The highest BCUT2D eigenvalue weighted by atomic mass is 32.2. The van der Waals surface area contributed by atoms with Crippen LogP contribution < -0.4 is 22.1 Å². The van der Waals surface area contributed by atoms with Gasteiger partial charge in [0.2, 0.25) is 5.91 Å². The molecular formula is C36H54N6O5S. The second-order valence-corrected chi connectivity index (χ2v) is 12.2. The molecule has 1 aliphatic heterocycles. The molecule has 1 fully saturated rings. The molecule has 264 valence electrons. The first-order chi connectivity index (χ1) is 23.4. The molecule has 2 heterocycles. The number of nitrogens with one attached hydrogen (secondary N) is 2. The van der Waals surface area contributed by atoms with Crippen LogP contribution in [0.1, 0.15) is 64.5 Å². The van der Waals surface area contributed by atoms with E-state index in [1.54, 1.807) is 6.20 Å². The number of ether oxygens (including phenoxy) is 2. The second-order valence-electron chi connectivity index (χ2n) is 11.0. The molecule has 0 aliphatic carbocycles. The van der Waals surface area contributed by atoms with Crippen molar-refractivity contribution in [3.8, 4) is 0 Å². The summed E-state index contributed by atoms with van der Waals surface area (Å²) in [5, 5.41) is 5.65. The lowest BCUT2D eigenvalue weighted by atomic mass is 10.2. The topological polar surface area (TPSA) is 141 Å². The Hall–Kier alpha value is -3.87. The first kappa shape index (κ1) is 40.3. The summed E-state index contributed by atoms with van der Waals surface area (Å²) in [6.45, 7) is 4.41. The molecule has 0 radical (unpaired) electrons. The maximum absolute atomic E-state index is 12.1. The lowest BCUT2D eigenvalue weighted by molar-refractivity contribution is -0.121. The highest BCUT2D eigenvalue weighted by Gasteiger charge is 2.29. The summed E-state index contributed by atoms with van der Waals surface area (Å²) in [5.41, 5.74) is 4.67. The van der Waals surface area contributed by atoms with E-state index in [9.17, 15) is 14.4 Å². The Morgan fingerprint density at radius 3 is 2.10 bits per heavy atom. The quantitative estimate of drug-likeness (QED) is 0.125. The van der Waals surface area contributed by atoms with Crippen LogP contribution in [0.3, 0.4) is 0 Å². The van der Waals surface area contributed by atoms with Crippen LogP contribution in [0.4, 0.5) is 10.6 Å². The van der Waals surface area contributed by atoms with Crippen molar-refractivity contribution < 1.29 is 19.1 Å². The normalized spacial score (nSPS) is 17.0. The van der Waals surface area contributed by atoms with Crippen molar-refractivity contribution in [2.45, 2.75) is 70.0 Å². The molecular weight excluding hydrogens is 629 g/mol. The predicted octanol–water partition coefficient (Wildman–Crippen LogP) is 5.67. The molecule has 2 rings (SSSR count). The van der Waals surface area contributed by atoms with Gasteiger partial charge in [0.1, 0.15) is 24.1 Å². The minimum Gasteiger partial charge on any atom is -0.446 e. The lowest BCUT2D eigenvalue weighted by Gasteiger charge is -2.17. The monoisotopic (exact) mass is 682 g/mol. The van der Waals surface area contributed by atoms with E-state index in [0.717, 1.165) is 38.5 Å². The highest BCUT2D eigenvalue weighted by molar-refractivity contribution is 8.00. The molecule has 11 nitrogen and oxygen atoms in total. The Bertz CT molecular complexity index is 1310. The van der Waals surface area contributed by atoms with Crippen molar-refractivity contribution in [2.75, 3.05) is 51.3 Å². The molecule has 1 aromatic rings. The zero-order valence-corrected chi connectivity index (χ0v) is 29.3. The molecule has 2 amide bonds. The van der Waals surface area contributed by atoms with E-state index in [1.807, 2.05) is 18.0 Å². The van der Waals surface area contributed by atoms with Gasteiger partial charge in [0, 0.05) is 44.5 Å². The number of rotatable bonds is 23. The number of carbonyl (C=O) groups is 2. The first-order valence-electron chi connectivity index (χ1n) is 16.8. The third kappa shape index (κ3) is 19.7. The number of alkyl carbamates (subject to hydrolysis) is 1. The fourth-order valence-electron chi connectivity index (χ4n) is 4.31. The lowest BCUT2D eigenvalue weighted by Crippen LogP contribution is -2.38. The third-order valence-corrected chi connectivity index (χ3v) is 8.06. The summed E-state index contributed by atoms with van der Waals surface area (Å²) in [5.74, 6) is 0.711. The van der Waals surface area contributed by atoms with Crippen molar-refractivity contribution in [1.29, 1.82) is 0 Å². The largest absolute Gasteiger partial charge is 0.446 e. The number of hydrogen-bond acceptors (Lipinski definition) is 9. The highest BCUT2D eigenvalue weighted by Crippen LogP contribution is 2.31. The molecule has 0 spiro atoms. The maximum atomic E-state index is 12.1. The summed E-state index contributed by atoms with van der Waals surface area (Å²) in [6, 6.07) is 1.53. The van der Waals surface area contributed by atoms with E-state index in [2.05, 4.69) is 89.4 Å². The number of amides is 2. The van der Waals surface area contributed by atoms with Gasteiger partial charge in [-0.1, -0.05) is 79.8 Å². The van der Waals surface area contributed by atoms with Crippen LogP contribution in [0.5, 0.6) is 0 Å². The number of nitrogens with zero attached hydrogens (tertiary/aromatic N) is 3. The van der Waals surface area contributed by atoms with Crippen LogP contribution in [0.15, 0.2) is 90.0 Å². The minimum absolute atomic E-state index is 0.0244. The molecule has 1 aliphatic rings. The zero-order chi connectivity index (χ0) is 34.7. The van der Waals surface area contributed by atoms with Crippen molar-refractivity contribution in [3.05, 3.63) is 95.7 Å². The third-order valence-electron chi connectivity index (χ3n) is 6.96. The van der Waals surface area contributed by atoms with E-state index >= 15 is 0 Å². The summed E-state index contributed by atoms with van der Waals surface area (Å²) >= 11 is 1.45. The van der Waals surface area contributed by atoms with E-state index in [4.69, 9.17) is 15.2 Å². The van der Waals surface area contributed by atoms with Crippen molar-refractivity contribution in [2.24, 2.45) is 0 Å². The molecule has 12 heteroatoms. The van der Waals surface area contributed by atoms with E-state index in [1.165, 1.54) is 22.4 Å². The van der Waals surface area contributed by atoms with Gasteiger partial charge in [-0.05, 0) is 58.1 Å². The summed E-state index contributed by atoms with van der Waals surface area (Å²) in [4.78, 5) is 41.9. The molecule has 2 atom stereocenters. The molecule has 0 bridgehead atoms. The standard InChI is InChI=1S/C36H54N6O5S/c1-3-4-5-6-7-8-9-10-11-12-13-14-15-16-17-18-19-20-21-22-32(43)38-24-27-41(2)28-25-39-36(45)46-29-34-47-33(30-48-34)42-26-23-31(37)40-35(42)44/h4-5,7-8,10-11,13-14,16-17,19-20,23,26,33-34H,3,6,9,12,15,18,21-22,24-25,27-30H2,1-2H3,(H,38,43)(H,39,45)(H2,37,40,44)/b5-4-,8-7-,11-10-,14-13-,17-16-,20-19-/t33?,34-/m1/s1. The Morgan fingerprint density at radius 2 is 1.52 bits per heavy atom. The molecule has 1 unspecified atom stereocenters. The average molecular weight is 683 g/mol. The number of aromatic nitrogens is 2. The van der Waals surface area contributed by atoms with Crippen LogP contribution in [0.25, 0.3) is 0 Å². The van der Waals surface area contributed by atoms with E-state index in [0.29, 0.717) is 44.8 Å². The number of hydrogen-bond donors (Lipinski definition) is 3. The molecule has 4 N–H and O–H groups in total. The Labute approximate surface area is 290 Å². The van der Waals surface area contributed by atoms with Crippen LogP contribution in [-0.2, 0) is 14.3 Å².